The molecule has 1 saturated heterocycles. The van der Waals surface area contributed by atoms with Crippen LogP contribution in [0.25, 0.3) is 0 Å². The Morgan fingerprint density at radius 1 is 1.44 bits per heavy atom. The van der Waals surface area contributed by atoms with E-state index in [1.165, 1.54) is 19.3 Å². The molecule has 86 valence electrons. The number of aromatic nitrogens is 2. The van der Waals surface area contributed by atoms with Crippen LogP contribution in [0, 0.1) is 12.3 Å². The van der Waals surface area contributed by atoms with Crippen molar-refractivity contribution in [3.63, 3.8) is 0 Å². The molecule has 2 fully saturated rings. The highest BCUT2D eigenvalue weighted by Gasteiger charge is 2.56. The number of aryl methyl sites for hydroxylation is 1. The lowest BCUT2D eigenvalue weighted by atomic mass is 9.91. The molecule has 1 unspecified atom stereocenters. The van der Waals surface area contributed by atoms with Crippen LogP contribution < -0.4 is 11.1 Å². The van der Waals surface area contributed by atoms with Gasteiger partial charge in [0.25, 0.3) is 0 Å². The minimum absolute atomic E-state index is 0.488. The first-order chi connectivity index (χ1) is 7.71. The number of nitrogen functional groups attached to an aromatic ring is 1. The highest BCUT2D eigenvalue weighted by atomic mass is 14.9. The topological polar surface area (TPSA) is 63.8 Å². The van der Waals surface area contributed by atoms with Gasteiger partial charge in [-0.3, -0.25) is 4.98 Å². The quantitative estimate of drug-likeness (QED) is 0.744. The van der Waals surface area contributed by atoms with Crippen LogP contribution >= 0.6 is 0 Å². The molecule has 0 bridgehead atoms. The Morgan fingerprint density at radius 3 is 2.94 bits per heavy atom. The molecule has 2 heterocycles. The van der Waals surface area contributed by atoms with Crippen molar-refractivity contribution in [1.29, 1.82) is 0 Å². The van der Waals surface area contributed by atoms with Gasteiger partial charge in [-0.05, 0) is 44.7 Å². The minimum atomic E-state index is 0.488. The van der Waals surface area contributed by atoms with E-state index < -0.39 is 0 Å². The second kappa shape index (κ2) is 3.42. The number of nitrogens with one attached hydrogen (secondary N) is 1. The molecular weight excluding hydrogens is 200 g/mol. The van der Waals surface area contributed by atoms with Crippen molar-refractivity contribution in [2.24, 2.45) is 5.41 Å². The molecule has 1 atom stereocenters. The molecule has 0 amide bonds. The fourth-order valence-corrected chi connectivity index (χ4v) is 2.97. The summed E-state index contributed by atoms with van der Waals surface area (Å²) in [6.45, 7) is 4.25. The Bertz CT molecular complexity index is 409. The Hall–Kier alpha value is -1.16. The Balaban J connectivity index is 1.87. The molecule has 3 rings (SSSR count). The average molecular weight is 218 g/mol. The predicted octanol–water partition coefficient (Wildman–Crippen LogP) is 1.22. The Morgan fingerprint density at radius 2 is 2.19 bits per heavy atom. The molecule has 0 aromatic carbocycles. The van der Waals surface area contributed by atoms with Gasteiger partial charge in [0.05, 0.1) is 17.6 Å². The zero-order chi connectivity index (χ0) is 11.2. The van der Waals surface area contributed by atoms with Crippen molar-refractivity contribution in [3.8, 4) is 0 Å². The van der Waals surface area contributed by atoms with Gasteiger partial charge in [-0.1, -0.05) is 0 Å². The zero-order valence-corrected chi connectivity index (χ0v) is 9.66. The maximum absolute atomic E-state index is 5.93. The van der Waals surface area contributed by atoms with E-state index in [4.69, 9.17) is 5.73 Å². The maximum Gasteiger partial charge on any atom is 0.145 e. The summed E-state index contributed by atoms with van der Waals surface area (Å²) in [5.41, 5.74) is 8.43. The molecule has 4 heteroatoms. The molecule has 0 radical (unpaired) electrons. The van der Waals surface area contributed by atoms with Gasteiger partial charge >= 0.3 is 0 Å². The minimum Gasteiger partial charge on any atom is -0.382 e. The van der Waals surface area contributed by atoms with E-state index >= 15 is 0 Å². The molecule has 4 nitrogen and oxygen atoms in total. The Kier molecular flexibility index (Phi) is 2.14. The lowest BCUT2D eigenvalue weighted by molar-refractivity contribution is 0.341. The van der Waals surface area contributed by atoms with Gasteiger partial charge in [0.1, 0.15) is 5.82 Å². The van der Waals surface area contributed by atoms with Crippen molar-refractivity contribution < 1.29 is 0 Å². The molecule has 1 aliphatic carbocycles. The van der Waals surface area contributed by atoms with Gasteiger partial charge in [0.15, 0.2) is 0 Å². The third-order valence-corrected chi connectivity index (χ3v) is 4.07. The van der Waals surface area contributed by atoms with Crippen molar-refractivity contribution in [1.82, 2.24) is 15.3 Å². The molecule has 1 saturated carbocycles. The van der Waals surface area contributed by atoms with Crippen LogP contribution in [-0.2, 0) is 0 Å². The molecule has 1 aliphatic heterocycles. The molecule has 1 spiro atoms. The monoisotopic (exact) mass is 218 g/mol. The van der Waals surface area contributed by atoms with Crippen molar-refractivity contribution in [2.75, 3.05) is 18.8 Å². The molecule has 1 aromatic rings. The summed E-state index contributed by atoms with van der Waals surface area (Å²) in [5.74, 6) is 1.19. The number of hydrogen-bond acceptors (Lipinski definition) is 4. The predicted molar refractivity (Wildman–Crippen MR) is 63.1 cm³/mol. The highest BCUT2D eigenvalue weighted by Crippen LogP contribution is 2.64. The van der Waals surface area contributed by atoms with Gasteiger partial charge in [-0.25, -0.2) is 4.98 Å². The van der Waals surface area contributed by atoms with Crippen molar-refractivity contribution in [2.45, 2.75) is 32.1 Å². The molecule has 3 N–H and O–H groups in total. The first-order valence-corrected chi connectivity index (χ1v) is 6.01. The van der Waals surface area contributed by atoms with Crippen LogP contribution in [0.1, 0.15) is 36.6 Å². The van der Waals surface area contributed by atoms with E-state index in [9.17, 15) is 0 Å². The lowest BCUT2D eigenvalue weighted by Gasteiger charge is -2.23. The fourth-order valence-electron chi connectivity index (χ4n) is 2.97. The smallest absolute Gasteiger partial charge is 0.145 e. The summed E-state index contributed by atoms with van der Waals surface area (Å²) in [6, 6.07) is 0. The number of rotatable bonds is 1. The standard InChI is InChI=1S/C12H18N4/c1-8-7-15-11(13)10(16-8)9-6-12(9)2-4-14-5-3-12/h7,9,14H,2-6H2,1H3,(H2,13,15). The second-order valence-corrected chi connectivity index (χ2v) is 5.15. The van der Waals surface area contributed by atoms with Crippen molar-refractivity contribution in [3.05, 3.63) is 17.6 Å². The van der Waals surface area contributed by atoms with E-state index in [1.54, 1.807) is 6.20 Å². The normalized spacial score (nSPS) is 26.9. The number of anilines is 1. The van der Waals surface area contributed by atoms with Gasteiger partial charge in [0, 0.05) is 5.92 Å². The molecular formula is C12H18N4. The first kappa shape index (κ1) is 10.0. The SMILES string of the molecule is Cc1cnc(N)c(C2CC23CCNCC3)n1. The van der Waals surface area contributed by atoms with E-state index in [1.807, 2.05) is 6.92 Å². The third-order valence-electron chi connectivity index (χ3n) is 4.07. The first-order valence-electron chi connectivity index (χ1n) is 6.01. The highest BCUT2D eigenvalue weighted by molar-refractivity contribution is 5.42. The van der Waals surface area contributed by atoms with Gasteiger partial charge < -0.3 is 11.1 Å². The maximum atomic E-state index is 5.93. The number of hydrogen-bond donors (Lipinski definition) is 2. The van der Waals surface area contributed by atoms with Crippen LogP contribution in [0.5, 0.6) is 0 Å². The van der Waals surface area contributed by atoms with Crippen molar-refractivity contribution >= 4 is 5.82 Å². The average Bonchev–Trinajstić information content (AvgIpc) is 2.97. The van der Waals surface area contributed by atoms with Crippen LogP contribution in [0.15, 0.2) is 6.20 Å². The summed E-state index contributed by atoms with van der Waals surface area (Å²) < 4.78 is 0. The van der Waals surface area contributed by atoms with E-state index in [0.717, 1.165) is 24.5 Å². The summed E-state index contributed by atoms with van der Waals surface area (Å²) in [6.07, 6.45) is 5.51. The fraction of sp³-hybridized carbons (Fsp3) is 0.667. The number of nitrogens with two attached hydrogens (primary N) is 1. The summed E-state index contributed by atoms with van der Waals surface area (Å²) >= 11 is 0. The third kappa shape index (κ3) is 1.48. The van der Waals surface area contributed by atoms with Gasteiger partial charge in [-0.15, -0.1) is 0 Å². The number of piperidine rings is 1. The summed E-state index contributed by atoms with van der Waals surface area (Å²) in [4.78, 5) is 8.79. The van der Waals surface area contributed by atoms with E-state index in [2.05, 4.69) is 15.3 Å². The van der Waals surface area contributed by atoms with Gasteiger partial charge in [0.2, 0.25) is 0 Å². The number of nitrogens with zero attached hydrogens (tertiary/aromatic N) is 2. The molecule has 1 aromatic heterocycles. The Labute approximate surface area is 95.7 Å². The van der Waals surface area contributed by atoms with Crippen LogP contribution in [0.3, 0.4) is 0 Å². The zero-order valence-electron chi connectivity index (χ0n) is 9.66. The van der Waals surface area contributed by atoms with Crippen LogP contribution in [0.2, 0.25) is 0 Å². The van der Waals surface area contributed by atoms with Gasteiger partial charge in [-0.2, -0.15) is 0 Å². The molecule has 16 heavy (non-hydrogen) atoms. The van der Waals surface area contributed by atoms with Crippen LogP contribution in [0.4, 0.5) is 5.82 Å². The second-order valence-electron chi connectivity index (χ2n) is 5.15. The van der Waals surface area contributed by atoms with Crippen LogP contribution in [-0.4, -0.2) is 23.1 Å². The summed E-state index contributed by atoms with van der Waals surface area (Å²) in [7, 11) is 0. The van der Waals surface area contributed by atoms with E-state index in [-0.39, 0.29) is 0 Å². The largest absolute Gasteiger partial charge is 0.382 e. The summed E-state index contributed by atoms with van der Waals surface area (Å²) in [5, 5.41) is 3.41. The lowest BCUT2D eigenvalue weighted by Crippen LogP contribution is -2.29. The molecule has 2 aliphatic rings. The van der Waals surface area contributed by atoms with E-state index in [0.29, 0.717) is 17.2 Å².